The second-order valence-corrected chi connectivity index (χ2v) is 4.10. The minimum atomic E-state index is -0.378. The van der Waals surface area contributed by atoms with Crippen LogP contribution >= 0.6 is 0 Å². The number of nitrogens with one attached hydrogen (secondary N) is 1. The van der Waals surface area contributed by atoms with E-state index in [-0.39, 0.29) is 10.6 Å². The lowest BCUT2D eigenvalue weighted by Gasteiger charge is -2.09. The molecule has 2 rings (SSSR count). The Morgan fingerprint density at radius 2 is 1.94 bits per heavy atom. The zero-order valence-electron chi connectivity index (χ0n) is 10.1. The van der Waals surface area contributed by atoms with Gasteiger partial charge in [0.2, 0.25) is 0 Å². The Balaban J connectivity index is 2.09. The summed E-state index contributed by atoms with van der Waals surface area (Å²) in [6.07, 6.45) is 0. The summed E-state index contributed by atoms with van der Waals surface area (Å²) in [5, 5.41) is 13.9. The van der Waals surface area contributed by atoms with E-state index in [1.54, 1.807) is 12.1 Å². The predicted octanol–water partition coefficient (Wildman–Crippen LogP) is 3.52. The third-order valence-corrected chi connectivity index (χ3v) is 2.75. The lowest BCUT2D eigenvalue weighted by Crippen LogP contribution is -2.01. The van der Waals surface area contributed by atoms with E-state index in [4.69, 9.17) is 0 Å². The molecule has 0 atom stereocenters. The van der Waals surface area contributed by atoms with E-state index < -0.39 is 0 Å². The second-order valence-electron chi connectivity index (χ2n) is 4.10. The van der Waals surface area contributed by atoms with Crippen LogP contribution in [-0.2, 0) is 6.54 Å². The molecule has 0 fully saturated rings. The summed E-state index contributed by atoms with van der Waals surface area (Å²) < 4.78 is 0. The average molecular weight is 242 g/mol. The SMILES string of the molecule is Cc1ccccc1NCc1cccc([N+](=O)[O-])c1. The molecule has 0 aromatic heterocycles. The van der Waals surface area contributed by atoms with Crippen molar-refractivity contribution in [1.82, 2.24) is 0 Å². The number of rotatable bonds is 4. The van der Waals surface area contributed by atoms with Gasteiger partial charge in [-0.1, -0.05) is 30.3 Å². The molecule has 92 valence electrons. The lowest BCUT2D eigenvalue weighted by molar-refractivity contribution is -0.384. The molecule has 4 heteroatoms. The van der Waals surface area contributed by atoms with Gasteiger partial charge in [-0.25, -0.2) is 0 Å². The zero-order chi connectivity index (χ0) is 13.0. The molecule has 0 bridgehead atoms. The fourth-order valence-electron chi connectivity index (χ4n) is 1.75. The number of nitro groups is 1. The first-order valence-electron chi connectivity index (χ1n) is 5.69. The van der Waals surface area contributed by atoms with E-state index in [0.29, 0.717) is 6.54 Å². The van der Waals surface area contributed by atoms with E-state index in [0.717, 1.165) is 16.8 Å². The van der Waals surface area contributed by atoms with Gasteiger partial charge < -0.3 is 5.32 Å². The molecule has 0 amide bonds. The van der Waals surface area contributed by atoms with Crippen molar-refractivity contribution in [2.45, 2.75) is 13.5 Å². The third kappa shape index (κ3) is 2.85. The lowest BCUT2D eigenvalue weighted by atomic mass is 10.1. The van der Waals surface area contributed by atoms with Crippen molar-refractivity contribution in [2.75, 3.05) is 5.32 Å². The van der Waals surface area contributed by atoms with Crippen molar-refractivity contribution in [3.63, 3.8) is 0 Å². The Bertz CT molecular complexity index is 567. The van der Waals surface area contributed by atoms with E-state index >= 15 is 0 Å². The van der Waals surface area contributed by atoms with Gasteiger partial charge in [0.25, 0.3) is 5.69 Å². The first kappa shape index (κ1) is 12.1. The molecule has 0 saturated heterocycles. The smallest absolute Gasteiger partial charge is 0.269 e. The van der Waals surface area contributed by atoms with E-state index in [9.17, 15) is 10.1 Å². The molecule has 0 aliphatic carbocycles. The number of para-hydroxylation sites is 1. The van der Waals surface area contributed by atoms with Gasteiger partial charge in [-0.3, -0.25) is 10.1 Å². The number of aryl methyl sites for hydroxylation is 1. The van der Waals surface area contributed by atoms with Crippen LogP contribution in [0.25, 0.3) is 0 Å². The van der Waals surface area contributed by atoms with Crippen LogP contribution in [0.3, 0.4) is 0 Å². The van der Waals surface area contributed by atoms with E-state index in [2.05, 4.69) is 5.32 Å². The highest BCUT2D eigenvalue weighted by Gasteiger charge is 2.05. The van der Waals surface area contributed by atoms with Crippen molar-refractivity contribution in [2.24, 2.45) is 0 Å². The Labute approximate surface area is 105 Å². The molecular formula is C14H14N2O2. The van der Waals surface area contributed by atoms with Crippen LogP contribution in [0.4, 0.5) is 11.4 Å². The average Bonchev–Trinajstić information content (AvgIpc) is 2.38. The van der Waals surface area contributed by atoms with Crippen LogP contribution in [0.5, 0.6) is 0 Å². The van der Waals surface area contributed by atoms with Crippen LogP contribution in [0.1, 0.15) is 11.1 Å². The number of nitro benzene ring substituents is 1. The summed E-state index contributed by atoms with van der Waals surface area (Å²) in [6, 6.07) is 14.6. The Kier molecular flexibility index (Phi) is 3.57. The maximum Gasteiger partial charge on any atom is 0.269 e. The largest absolute Gasteiger partial charge is 0.381 e. The Morgan fingerprint density at radius 3 is 2.67 bits per heavy atom. The number of non-ortho nitro benzene ring substituents is 1. The van der Waals surface area contributed by atoms with E-state index in [1.807, 2.05) is 37.3 Å². The van der Waals surface area contributed by atoms with Crippen molar-refractivity contribution < 1.29 is 4.92 Å². The Hall–Kier alpha value is -2.36. The number of benzene rings is 2. The minimum Gasteiger partial charge on any atom is -0.381 e. The van der Waals surface area contributed by atoms with Gasteiger partial charge in [0.1, 0.15) is 0 Å². The monoisotopic (exact) mass is 242 g/mol. The van der Waals surface area contributed by atoms with Gasteiger partial charge in [-0.05, 0) is 24.1 Å². The van der Waals surface area contributed by atoms with Crippen molar-refractivity contribution in [3.05, 3.63) is 69.8 Å². The first-order chi connectivity index (χ1) is 8.66. The van der Waals surface area contributed by atoms with Crippen LogP contribution in [0, 0.1) is 17.0 Å². The molecule has 18 heavy (non-hydrogen) atoms. The maximum absolute atomic E-state index is 10.7. The van der Waals surface area contributed by atoms with Crippen molar-refractivity contribution >= 4 is 11.4 Å². The van der Waals surface area contributed by atoms with Crippen LogP contribution in [0.15, 0.2) is 48.5 Å². The van der Waals surface area contributed by atoms with Gasteiger partial charge in [-0.15, -0.1) is 0 Å². The highest BCUT2D eigenvalue weighted by atomic mass is 16.6. The highest BCUT2D eigenvalue weighted by molar-refractivity contribution is 5.50. The maximum atomic E-state index is 10.7. The molecule has 0 heterocycles. The highest BCUT2D eigenvalue weighted by Crippen LogP contribution is 2.17. The molecule has 0 unspecified atom stereocenters. The number of hydrogen-bond acceptors (Lipinski definition) is 3. The molecule has 2 aromatic rings. The summed E-state index contributed by atoms with van der Waals surface area (Å²) in [5.41, 5.74) is 3.22. The normalized spacial score (nSPS) is 10.1. The van der Waals surface area contributed by atoms with Crippen molar-refractivity contribution in [3.8, 4) is 0 Å². The summed E-state index contributed by atoms with van der Waals surface area (Å²) in [4.78, 5) is 10.3. The fourth-order valence-corrected chi connectivity index (χ4v) is 1.75. The molecule has 0 aliphatic heterocycles. The number of anilines is 1. The van der Waals surface area contributed by atoms with Gasteiger partial charge in [0, 0.05) is 24.4 Å². The molecule has 0 radical (unpaired) electrons. The van der Waals surface area contributed by atoms with Crippen LogP contribution in [0.2, 0.25) is 0 Å². The summed E-state index contributed by atoms with van der Waals surface area (Å²) in [7, 11) is 0. The molecule has 2 aromatic carbocycles. The van der Waals surface area contributed by atoms with Gasteiger partial charge in [-0.2, -0.15) is 0 Å². The zero-order valence-corrected chi connectivity index (χ0v) is 10.1. The predicted molar refractivity (Wildman–Crippen MR) is 71.6 cm³/mol. The molecule has 1 N–H and O–H groups in total. The van der Waals surface area contributed by atoms with Crippen LogP contribution in [-0.4, -0.2) is 4.92 Å². The number of hydrogen-bond donors (Lipinski definition) is 1. The minimum absolute atomic E-state index is 0.124. The fraction of sp³-hybridized carbons (Fsp3) is 0.143. The number of nitrogens with zero attached hydrogens (tertiary/aromatic N) is 1. The summed E-state index contributed by atoms with van der Waals surface area (Å²) >= 11 is 0. The summed E-state index contributed by atoms with van der Waals surface area (Å²) in [5.74, 6) is 0. The molecule has 0 saturated carbocycles. The first-order valence-corrected chi connectivity index (χ1v) is 5.69. The quantitative estimate of drug-likeness (QED) is 0.659. The van der Waals surface area contributed by atoms with E-state index in [1.165, 1.54) is 6.07 Å². The van der Waals surface area contributed by atoms with Gasteiger partial charge in [0.05, 0.1) is 4.92 Å². The third-order valence-electron chi connectivity index (χ3n) is 2.75. The molecule has 4 nitrogen and oxygen atoms in total. The molecule has 0 aliphatic rings. The standard InChI is InChI=1S/C14H14N2O2/c1-11-5-2-3-8-14(11)15-10-12-6-4-7-13(9-12)16(17)18/h2-9,15H,10H2,1H3. The van der Waals surface area contributed by atoms with Gasteiger partial charge >= 0.3 is 0 Å². The Morgan fingerprint density at radius 1 is 1.17 bits per heavy atom. The summed E-state index contributed by atoms with van der Waals surface area (Å²) in [6.45, 7) is 2.60. The van der Waals surface area contributed by atoms with Crippen molar-refractivity contribution in [1.29, 1.82) is 0 Å². The van der Waals surface area contributed by atoms with Crippen LogP contribution < -0.4 is 5.32 Å². The topological polar surface area (TPSA) is 55.2 Å². The molecular weight excluding hydrogens is 228 g/mol. The van der Waals surface area contributed by atoms with Gasteiger partial charge in [0.15, 0.2) is 0 Å². The molecule has 0 spiro atoms. The second kappa shape index (κ2) is 5.31.